The van der Waals surface area contributed by atoms with Gasteiger partial charge in [-0.15, -0.1) is 0 Å². The number of rotatable bonds is 3. The van der Waals surface area contributed by atoms with Crippen LogP contribution in [0.25, 0.3) is 0 Å². The molecule has 0 aromatic heterocycles. The molecule has 87 valence electrons. The molecular weight excluding hydrogens is 172 g/mol. The van der Waals surface area contributed by atoms with Crippen LogP contribution in [0.1, 0.15) is 66.2 Å². The van der Waals surface area contributed by atoms with Crippen molar-refractivity contribution in [3.8, 4) is 0 Å². The van der Waals surface area contributed by atoms with Crippen molar-refractivity contribution in [3.63, 3.8) is 0 Å². The first-order valence-corrected chi connectivity index (χ1v) is 6.15. The van der Waals surface area contributed by atoms with E-state index in [1.54, 1.807) is 0 Å². The van der Waals surface area contributed by atoms with Gasteiger partial charge in [-0.05, 0) is 19.3 Å². The van der Waals surface area contributed by atoms with Crippen molar-refractivity contribution in [2.45, 2.75) is 66.2 Å². The molecule has 1 heteroatoms. The zero-order chi connectivity index (χ0) is 11.1. The molecule has 0 N–H and O–H groups in total. The third-order valence-corrected chi connectivity index (χ3v) is 1.78. The van der Waals surface area contributed by atoms with E-state index in [4.69, 9.17) is 4.74 Å². The largest absolute Gasteiger partial charge is 0.381 e. The van der Waals surface area contributed by atoms with Crippen LogP contribution in [-0.2, 0) is 4.74 Å². The Morgan fingerprint density at radius 2 is 1.29 bits per heavy atom. The maximum Gasteiger partial charge on any atom is 0.0466 e. The lowest BCUT2D eigenvalue weighted by molar-refractivity contribution is 0.198. The first kappa shape index (κ1) is 16.4. The van der Waals surface area contributed by atoms with Crippen molar-refractivity contribution in [2.24, 2.45) is 0 Å². The first-order chi connectivity index (χ1) is 6.83. The molecule has 0 saturated carbocycles. The van der Waals surface area contributed by atoms with Gasteiger partial charge in [0.1, 0.15) is 0 Å². The van der Waals surface area contributed by atoms with Crippen LogP contribution in [0.15, 0.2) is 0 Å². The summed E-state index contributed by atoms with van der Waals surface area (Å²) in [4.78, 5) is 0. The van der Waals surface area contributed by atoms with Crippen LogP contribution in [-0.4, -0.2) is 13.2 Å². The van der Waals surface area contributed by atoms with E-state index in [1.807, 2.05) is 20.3 Å². The SMILES string of the molecule is C1CCOC1.CCCCCC.C[CH]C. The minimum atomic E-state index is 1.00. The Hall–Kier alpha value is -0.0400. The Bertz CT molecular complexity index is 56.0. The van der Waals surface area contributed by atoms with Gasteiger partial charge in [0.05, 0.1) is 0 Å². The van der Waals surface area contributed by atoms with E-state index >= 15 is 0 Å². The summed E-state index contributed by atoms with van der Waals surface area (Å²) >= 11 is 0. The van der Waals surface area contributed by atoms with Crippen molar-refractivity contribution >= 4 is 0 Å². The normalized spacial score (nSPS) is 13.7. The quantitative estimate of drug-likeness (QED) is 0.606. The summed E-state index contributed by atoms with van der Waals surface area (Å²) in [5.74, 6) is 0. The Morgan fingerprint density at radius 3 is 1.43 bits per heavy atom. The third kappa shape index (κ3) is 22.7. The zero-order valence-electron chi connectivity index (χ0n) is 10.6. The molecule has 1 aliphatic heterocycles. The molecule has 0 unspecified atom stereocenters. The summed E-state index contributed by atoms with van der Waals surface area (Å²) in [6.07, 6.45) is 10.1. The summed E-state index contributed by atoms with van der Waals surface area (Å²) in [5, 5.41) is 0. The average molecular weight is 201 g/mol. The van der Waals surface area contributed by atoms with E-state index in [2.05, 4.69) is 13.8 Å². The van der Waals surface area contributed by atoms with Gasteiger partial charge in [-0.25, -0.2) is 0 Å². The summed E-state index contributed by atoms with van der Waals surface area (Å²) in [6.45, 7) is 10.5. The summed E-state index contributed by atoms with van der Waals surface area (Å²) in [5.41, 5.74) is 0. The fourth-order valence-corrected chi connectivity index (χ4v) is 1.01. The van der Waals surface area contributed by atoms with Gasteiger partial charge < -0.3 is 4.74 Å². The predicted octanol–water partition coefficient (Wildman–Crippen LogP) is 4.61. The molecule has 0 atom stereocenters. The van der Waals surface area contributed by atoms with Crippen molar-refractivity contribution in [1.82, 2.24) is 0 Å². The van der Waals surface area contributed by atoms with E-state index in [-0.39, 0.29) is 0 Å². The molecule has 14 heavy (non-hydrogen) atoms. The minimum Gasteiger partial charge on any atom is -0.381 e. The van der Waals surface area contributed by atoms with Crippen LogP contribution >= 0.6 is 0 Å². The molecule has 1 heterocycles. The Labute approximate surface area is 91.2 Å². The Kier molecular flexibility index (Phi) is 21.9. The molecule has 1 nitrogen and oxygen atoms in total. The zero-order valence-corrected chi connectivity index (χ0v) is 10.6. The lowest BCUT2D eigenvalue weighted by Crippen LogP contribution is -1.74. The summed E-state index contributed by atoms with van der Waals surface area (Å²) in [7, 11) is 0. The summed E-state index contributed by atoms with van der Waals surface area (Å²) < 4.78 is 4.94. The second-order valence-electron chi connectivity index (χ2n) is 3.60. The van der Waals surface area contributed by atoms with E-state index < -0.39 is 0 Å². The fraction of sp³-hybridized carbons (Fsp3) is 0.923. The monoisotopic (exact) mass is 201 g/mol. The Balaban J connectivity index is 0. The highest BCUT2D eigenvalue weighted by Gasteiger charge is 1.94. The maximum atomic E-state index is 4.94. The fourth-order valence-electron chi connectivity index (χ4n) is 1.01. The number of hydrogen-bond acceptors (Lipinski definition) is 1. The highest BCUT2D eigenvalue weighted by molar-refractivity contribution is 4.43. The second kappa shape index (κ2) is 18.7. The van der Waals surface area contributed by atoms with Crippen molar-refractivity contribution in [2.75, 3.05) is 13.2 Å². The van der Waals surface area contributed by atoms with Crippen LogP contribution in [0, 0.1) is 6.42 Å². The van der Waals surface area contributed by atoms with Gasteiger partial charge in [0.15, 0.2) is 0 Å². The van der Waals surface area contributed by atoms with Gasteiger partial charge >= 0.3 is 0 Å². The maximum absolute atomic E-state index is 4.94. The Morgan fingerprint density at radius 1 is 0.929 bits per heavy atom. The van der Waals surface area contributed by atoms with Gasteiger partial charge in [-0.3, -0.25) is 0 Å². The van der Waals surface area contributed by atoms with Crippen LogP contribution < -0.4 is 0 Å². The number of ether oxygens (including phenoxy) is 1. The standard InChI is InChI=1S/C6H14.C4H8O.C3H7/c1-3-5-6-4-2;1-2-4-5-3-1;1-3-2/h3-6H2,1-2H3;1-4H2;3H,1-2H3. The number of hydrogen-bond donors (Lipinski definition) is 0. The molecule has 0 bridgehead atoms. The minimum absolute atomic E-state index is 1.00. The van der Waals surface area contributed by atoms with Crippen molar-refractivity contribution in [3.05, 3.63) is 6.42 Å². The van der Waals surface area contributed by atoms with Crippen LogP contribution in [0.5, 0.6) is 0 Å². The molecule has 0 aliphatic carbocycles. The van der Waals surface area contributed by atoms with Crippen LogP contribution in [0.2, 0.25) is 0 Å². The number of unbranched alkanes of at least 4 members (excludes halogenated alkanes) is 3. The molecule has 1 radical (unpaired) electrons. The molecule has 0 amide bonds. The molecular formula is C13H29O. The van der Waals surface area contributed by atoms with Crippen molar-refractivity contribution in [1.29, 1.82) is 0 Å². The molecule has 0 spiro atoms. The first-order valence-electron chi connectivity index (χ1n) is 6.15. The van der Waals surface area contributed by atoms with E-state index in [9.17, 15) is 0 Å². The van der Waals surface area contributed by atoms with Gasteiger partial charge in [0.25, 0.3) is 0 Å². The second-order valence-corrected chi connectivity index (χ2v) is 3.60. The van der Waals surface area contributed by atoms with Gasteiger partial charge in [-0.2, -0.15) is 0 Å². The van der Waals surface area contributed by atoms with Gasteiger partial charge in [0, 0.05) is 13.2 Å². The molecule has 1 aliphatic rings. The molecule has 0 aromatic rings. The van der Waals surface area contributed by atoms with Crippen LogP contribution in [0.3, 0.4) is 0 Å². The van der Waals surface area contributed by atoms with Crippen LogP contribution in [0.4, 0.5) is 0 Å². The summed E-state index contributed by atoms with van der Waals surface area (Å²) in [6, 6.07) is 0. The molecule has 1 fully saturated rings. The molecule has 0 aromatic carbocycles. The molecule has 1 saturated heterocycles. The van der Waals surface area contributed by atoms with Gasteiger partial charge in [-0.1, -0.05) is 53.4 Å². The average Bonchev–Trinajstić information content (AvgIpc) is 2.74. The highest BCUT2D eigenvalue weighted by Crippen LogP contribution is 1.98. The lowest BCUT2D eigenvalue weighted by Gasteiger charge is -1.86. The van der Waals surface area contributed by atoms with E-state index in [1.165, 1.54) is 38.5 Å². The lowest BCUT2D eigenvalue weighted by atomic mass is 10.2. The third-order valence-electron chi connectivity index (χ3n) is 1.78. The van der Waals surface area contributed by atoms with E-state index in [0.717, 1.165) is 13.2 Å². The van der Waals surface area contributed by atoms with Crippen molar-refractivity contribution < 1.29 is 4.74 Å². The van der Waals surface area contributed by atoms with Gasteiger partial charge in [0.2, 0.25) is 0 Å². The molecule has 1 rings (SSSR count). The highest BCUT2D eigenvalue weighted by atomic mass is 16.5. The van der Waals surface area contributed by atoms with E-state index in [0.29, 0.717) is 0 Å². The smallest absolute Gasteiger partial charge is 0.0466 e. The predicted molar refractivity (Wildman–Crippen MR) is 65.5 cm³/mol. The topological polar surface area (TPSA) is 9.23 Å².